The lowest BCUT2D eigenvalue weighted by molar-refractivity contribution is -0.119. The third kappa shape index (κ3) is 3.44. The number of methoxy groups -OCH3 is 2. The standard InChI is InChI=1S/C27H21Cl2FN6O4/c1-12(2)35-21-20(33-22(35)15-11-31-26(40-4)34-23(15)39-3)24(37)36(19-10-14(29)6-8-17(19)30)27(21)16-7-5-13(28)9-18(16)32-25(27)38/h5-12H,1-4H3,(H,32,38). The largest absolute Gasteiger partial charge is 0.480 e. The van der Waals surface area contributed by atoms with Gasteiger partial charge in [-0.25, -0.2) is 14.4 Å². The van der Waals surface area contributed by atoms with Crippen molar-refractivity contribution in [2.24, 2.45) is 0 Å². The molecule has 4 aromatic rings. The summed E-state index contributed by atoms with van der Waals surface area (Å²) in [5, 5.41) is 3.40. The second-order valence-corrected chi connectivity index (χ2v) is 10.3. The molecule has 0 saturated carbocycles. The van der Waals surface area contributed by atoms with Gasteiger partial charge in [-0.05, 0) is 44.2 Å². The Morgan fingerprint density at radius 2 is 1.75 bits per heavy atom. The van der Waals surface area contributed by atoms with E-state index < -0.39 is 23.2 Å². The number of imidazole rings is 1. The van der Waals surface area contributed by atoms with Gasteiger partial charge in [0.05, 0.1) is 31.2 Å². The average Bonchev–Trinajstić information content (AvgIpc) is 3.53. The smallest absolute Gasteiger partial charge is 0.319 e. The first-order valence-corrected chi connectivity index (χ1v) is 12.9. The van der Waals surface area contributed by atoms with Crippen molar-refractivity contribution < 1.29 is 23.5 Å². The fraction of sp³-hybridized carbons (Fsp3) is 0.222. The Morgan fingerprint density at radius 1 is 1.02 bits per heavy atom. The minimum absolute atomic E-state index is 0.0427. The quantitative estimate of drug-likeness (QED) is 0.342. The van der Waals surface area contributed by atoms with Crippen LogP contribution in [-0.2, 0) is 10.3 Å². The Bertz CT molecular complexity index is 1740. The van der Waals surface area contributed by atoms with Gasteiger partial charge in [-0.2, -0.15) is 4.98 Å². The molecule has 0 radical (unpaired) electrons. The number of aromatic nitrogens is 4. The van der Waals surface area contributed by atoms with Crippen molar-refractivity contribution in [1.82, 2.24) is 19.5 Å². The minimum Gasteiger partial charge on any atom is -0.480 e. The summed E-state index contributed by atoms with van der Waals surface area (Å²) in [6.07, 6.45) is 1.47. The molecule has 2 aromatic carbocycles. The van der Waals surface area contributed by atoms with Crippen molar-refractivity contribution >= 4 is 46.4 Å². The maximum Gasteiger partial charge on any atom is 0.319 e. The van der Waals surface area contributed by atoms with Crippen LogP contribution < -0.4 is 19.7 Å². The van der Waals surface area contributed by atoms with E-state index in [1.54, 1.807) is 22.8 Å². The Hall–Kier alpha value is -4.22. The lowest BCUT2D eigenvalue weighted by Gasteiger charge is -2.35. The van der Waals surface area contributed by atoms with Crippen LogP contribution in [0, 0.1) is 5.82 Å². The molecule has 0 fully saturated rings. The van der Waals surface area contributed by atoms with Crippen molar-refractivity contribution in [2.75, 3.05) is 24.4 Å². The third-order valence-electron chi connectivity index (χ3n) is 6.96. The van der Waals surface area contributed by atoms with Crippen LogP contribution in [0.5, 0.6) is 11.9 Å². The van der Waals surface area contributed by atoms with Crippen molar-refractivity contribution in [1.29, 1.82) is 0 Å². The highest BCUT2D eigenvalue weighted by Crippen LogP contribution is 2.55. The number of nitrogens with zero attached hydrogens (tertiary/aromatic N) is 5. The summed E-state index contributed by atoms with van der Waals surface area (Å²) in [5.74, 6) is -1.57. The van der Waals surface area contributed by atoms with Gasteiger partial charge in [0.25, 0.3) is 11.8 Å². The maximum absolute atomic E-state index is 15.4. The zero-order valence-corrected chi connectivity index (χ0v) is 23.1. The van der Waals surface area contributed by atoms with E-state index in [4.69, 9.17) is 37.7 Å². The van der Waals surface area contributed by atoms with Crippen LogP contribution in [0.25, 0.3) is 11.4 Å². The van der Waals surface area contributed by atoms with Crippen LogP contribution in [0.2, 0.25) is 10.0 Å². The molecule has 2 amide bonds. The van der Waals surface area contributed by atoms with Crippen molar-refractivity contribution in [3.8, 4) is 23.3 Å². The number of hydrogen-bond acceptors (Lipinski definition) is 7. The monoisotopic (exact) mass is 582 g/mol. The van der Waals surface area contributed by atoms with Gasteiger partial charge in [0, 0.05) is 33.5 Å². The summed E-state index contributed by atoms with van der Waals surface area (Å²) < 4.78 is 27.8. The molecule has 0 bridgehead atoms. The summed E-state index contributed by atoms with van der Waals surface area (Å²) >= 11 is 12.5. The number of fused-ring (bicyclic) bond motifs is 4. The van der Waals surface area contributed by atoms with Crippen LogP contribution in [0.15, 0.2) is 42.6 Å². The fourth-order valence-electron chi connectivity index (χ4n) is 5.42. The maximum atomic E-state index is 15.4. The summed E-state index contributed by atoms with van der Waals surface area (Å²) in [6, 6.07) is 8.38. The summed E-state index contributed by atoms with van der Waals surface area (Å²) in [4.78, 5) is 42.7. The number of ether oxygens (including phenoxy) is 2. The Balaban J connectivity index is 1.73. The van der Waals surface area contributed by atoms with Gasteiger partial charge in [0.1, 0.15) is 11.6 Å². The summed E-state index contributed by atoms with van der Waals surface area (Å²) in [5.41, 5.74) is -0.653. The second kappa shape index (κ2) is 9.17. The molecule has 10 nitrogen and oxygen atoms in total. The van der Waals surface area contributed by atoms with E-state index in [-0.39, 0.29) is 45.9 Å². The molecule has 2 aliphatic heterocycles. The molecule has 2 aliphatic rings. The molecule has 4 heterocycles. The third-order valence-corrected chi connectivity index (χ3v) is 7.43. The number of amides is 2. The van der Waals surface area contributed by atoms with Crippen LogP contribution in [0.4, 0.5) is 15.8 Å². The summed E-state index contributed by atoms with van der Waals surface area (Å²) in [6.45, 7) is 3.75. The van der Waals surface area contributed by atoms with Crippen LogP contribution in [-0.4, -0.2) is 45.6 Å². The minimum atomic E-state index is -1.84. The molecule has 1 spiro atoms. The van der Waals surface area contributed by atoms with Crippen molar-refractivity contribution in [3.63, 3.8) is 0 Å². The molecular formula is C27H21Cl2FN6O4. The predicted octanol–water partition coefficient (Wildman–Crippen LogP) is 5.24. The number of carbonyl (C=O) groups is 2. The van der Waals surface area contributed by atoms with Gasteiger partial charge >= 0.3 is 6.01 Å². The van der Waals surface area contributed by atoms with Crippen molar-refractivity contribution in [3.05, 3.63) is 75.4 Å². The van der Waals surface area contributed by atoms with Gasteiger partial charge in [-0.15, -0.1) is 0 Å². The molecule has 40 heavy (non-hydrogen) atoms. The first-order valence-electron chi connectivity index (χ1n) is 12.1. The molecule has 204 valence electrons. The zero-order chi connectivity index (χ0) is 28.5. The summed E-state index contributed by atoms with van der Waals surface area (Å²) in [7, 11) is 2.86. The van der Waals surface area contributed by atoms with E-state index in [1.807, 2.05) is 13.8 Å². The first-order chi connectivity index (χ1) is 19.1. The number of rotatable bonds is 5. The molecule has 0 saturated heterocycles. The zero-order valence-electron chi connectivity index (χ0n) is 21.6. The Labute approximate surface area is 237 Å². The predicted molar refractivity (Wildman–Crippen MR) is 146 cm³/mol. The average molecular weight is 583 g/mol. The normalized spacial score (nSPS) is 17.4. The molecule has 1 atom stereocenters. The van der Waals surface area contributed by atoms with Gasteiger partial charge in [0.2, 0.25) is 5.88 Å². The first kappa shape index (κ1) is 26.0. The molecule has 2 aromatic heterocycles. The topological polar surface area (TPSA) is 111 Å². The lowest BCUT2D eigenvalue weighted by Crippen LogP contribution is -2.51. The molecular weight excluding hydrogens is 562 g/mol. The van der Waals surface area contributed by atoms with E-state index in [1.165, 1.54) is 32.5 Å². The van der Waals surface area contributed by atoms with E-state index in [9.17, 15) is 9.59 Å². The number of halogens is 3. The Morgan fingerprint density at radius 3 is 2.45 bits per heavy atom. The van der Waals surface area contributed by atoms with Gasteiger partial charge in [-0.3, -0.25) is 14.5 Å². The van der Waals surface area contributed by atoms with Crippen LogP contribution in [0.3, 0.4) is 0 Å². The highest BCUT2D eigenvalue weighted by molar-refractivity contribution is 6.32. The number of carbonyl (C=O) groups excluding carboxylic acids is 2. The van der Waals surface area contributed by atoms with E-state index in [2.05, 4.69) is 15.3 Å². The van der Waals surface area contributed by atoms with Gasteiger partial charge < -0.3 is 19.4 Å². The number of anilines is 2. The van der Waals surface area contributed by atoms with E-state index >= 15 is 4.39 Å². The molecule has 6 rings (SSSR count). The second-order valence-electron chi connectivity index (χ2n) is 9.47. The molecule has 1 N–H and O–H groups in total. The number of benzene rings is 2. The number of nitrogens with one attached hydrogen (secondary N) is 1. The van der Waals surface area contributed by atoms with Gasteiger partial charge in [0.15, 0.2) is 11.2 Å². The molecule has 13 heteroatoms. The highest BCUT2D eigenvalue weighted by Gasteiger charge is 2.64. The fourth-order valence-corrected chi connectivity index (χ4v) is 5.76. The lowest BCUT2D eigenvalue weighted by atomic mass is 9.87. The highest BCUT2D eigenvalue weighted by atomic mass is 35.5. The van der Waals surface area contributed by atoms with Crippen LogP contribution in [0.1, 0.15) is 41.6 Å². The van der Waals surface area contributed by atoms with E-state index in [0.29, 0.717) is 21.8 Å². The molecule has 1 unspecified atom stereocenters. The van der Waals surface area contributed by atoms with Crippen molar-refractivity contribution in [2.45, 2.75) is 25.4 Å². The molecule has 0 aliphatic carbocycles. The van der Waals surface area contributed by atoms with Gasteiger partial charge in [-0.1, -0.05) is 29.3 Å². The Kier molecular flexibility index (Phi) is 5.97. The SMILES string of the molecule is COc1ncc(-c2nc3c(n2C(C)C)C2(C(=O)Nc4cc(Cl)ccc42)N(c2cc(Cl)ccc2F)C3=O)c(OC)n1. The van der Waals surface area contributed by atoms with E-state index in [0.717, 1.165) is 11.0 Å². The number of hydrogen-bond donors (Lipinski definition) is 1. The van der Waals surface area contributed by atoms with Crippen LogP contribution >= 0.6 is 23.2 Å².